The molecule has 18 heavy (non-hydrogen) atoms. The first-order valence-electron chi connectivity index (χ1n) is 5.06. The molecular formula is C12H8BrF3N2. The number of hydrogen-bond donors (Lipinski definition) is 1. The summed E-state index contributed by atoms with van der Waals surface area (Å²) in [6.45, 7) is 0.282. The third kappa shape index (κ3) is 3.01. The molecule has 0 aliphatic carbocycles. The molecule has 2 aromatic rings. The second-order valence-electron chi connectivity index (χ2n) is 3.56. The fourth-order valence-corrected chi connectivity index (χ4v) is 1.78. The zero-order valence-corrected chi connectivity index (χ0v) is 10.6. The number of benzene rings is 1. The Morgan fingerprint density at radius 1 is 1.11 bits per heavy atom. The molecule has 0 saturated heterocycles. The van der Waals surface area contributed by atoms with Gasteiger partial charge < -0.3 is 5.32 Å². The predicted octanol–water partition coefficient (Wildman–Crippen LogP) is 3.87. The van der Waals surface area contributed by atoms with E-state index in [0.29, 0.717) is 10.3 Å². The van der Waals surface area contributed by atoms with E-state index in [2.05, 4.69) is 26.2 Å². The summed E-state index contributed by atoms with van der Waals surface area (Å²) < 4.78 is 39.3. The Kier molecular flexibility index (Phi) is 3.86. The molecule has 0 aliphatic rings. The minimum Gasteiger partial charge on any atom is -0.379 e. The van der Waals surface area contributed by atoms with Crippen LogP contribution in [0.3, 0.4) is 0 Å². The summed E-state index contributed by atoms with van der Waals surface area (Å²) in [6.07, 6.45) is 0. The van der Waals surface area contributed by atoms with Crippen LogP contribution < -0.4 is 5.32 Å². The first-order chi connectivity index (χ1) is 8.56. The second-order valence-corrected chi connectivity index (χ2v) is 4.37. The number of halogens is 4. The van der Waals surface area contributed by atoms with Gasteiger partial charge in [0.1, 0.15) is 4.60 Å². The van der Waals surface area contributed by atoms with Crippen molar-refractivity contribution in [2.24, 2.45) is 0 Å². The molecule has 0 bridgehead atoms. The van der Waals surface area contributed by atoms with E-state index in [4.69, 9.17) is 0 Å². The van der Waals surface area contributed by atoms with Crippen molar-refractivity contribution in [2.45, 2.75) is 6.54 Å². The number of rotatable bonds is 3. The lowest BCUT2D eigenvalue weighted by Crippen LogP contribution is -2.03. The van der Waals surface area contributed by atoms with Crippen molar-refractivity contribution in [2.75, 3.05) is 5.32 Å². The van der Waals surface area contributed by atoms with Gasteiger partial charge >= 0.3 is 0 Å². The normalized spacial score (nSPS) is 10.4. The lowest BCUT2D eigenvalue weighted by Gasteiger charge is -2.07. The van der Waals surface area contributed by atoms with E-state index in [1.165, 1.54) is 0 Å². The molecule has 1 aromatic carbocycles. The van der Waals surface area contributed by atoms with E-state index in [0.717, 1.165) is 12.1 Å². The monoisotopic (exact) mass is 316 g/mol. The van der Waals surface area contributed by atoms with E-state index in [1.54, 1.807) is 18.2 Å². The van der Waals surface area contributed by atoms with Gasteiger partial charge in [0.2, 0.25) is 0 Å². The van der Waals surface area contributed by atoms with Gasteiger partial charge in [0.25, 0.3) is 0 Å². The molecule has 6 heteroatoms. The number of anilines is 1. The summed E-state index contributed by atoms with van der Waals surface area (Å²) in [6, 6.07) is 7.11. The number of nitrogens with zero attached hydrogens (tertiary/aromatic N) is 1. The maximum Gasteiger partial charge on any atom is 0.194 e. The van der Waals surface area contributed by atoms with E-state index < -0.39 is 17.5 Å². The summed E-state index contributed by atoms with van der Waals surface area (Å²) in [5.41, 5.74) is 0.850. The Labute approximate surface area is 110 Å². The van der Waals surface area contributed by atoms with Crippen LogP contribution in [0.25, 0.3) is 0 Å². The quantitative estimate of drug-likeness (QED) is 0.686. The number of aromatic nitrogens is 1. The molecule has 0 atom stereocenters. The molecule has 0 spiro atoms. The third-order valence-electron chi connectivity index (χ3n) is 2.23. The van der Waals surface area contributed by atoms with Crippen LogP contribution in [-0.2, 0) is 6.54 Å². The van der Waals surface area contributed by atoms with E-state index >= 15 is 0 Å². The average Bonchev–Trinajstić information content (AvgIpc) is 2.33. The Morgan fingerprint density at radius 3 is 2.39 bits per heavy atom. The van der Waals surface area contributed by atoms with E-state index in [9.17, 15) is 13.2 Å². The summed E-state index contributed by atoms with van der Waals surface area (Å²) >= 11 is 3.21. The first kappa shape index (κ1) is 12.9. The lowest BCUT2D eigenvalue weighted by molar-refractivity contribution is 0.447. The maximum absolute atomic E-state index is 13.0. The molecule has 0 aliphatic heterocycles. The van der Waals surface area contributed by atoms with Gasteiger partial charge in [0.05, 0.1) is 12.2 Å². The van der Waals surface area contributed by atoms with Gasteiger partial charge in [0.15, 0.2) is 17.5 Å². The smallest absolute Gasteiger partial charge is 0.194 e. The van der Waals surface area contributed by atoms with Crippen LogP contribution in [-0.4, -0.2) is 4.98 Å². The van der Waals surface area contributed by atoms with E-state index in [-0.39, 0.29) is 12.2 Å². The zero-order chi connectivity index (χ0) is 13.1. The largest absolute Gasteiger partial charge is 0.379 e. The summed E-state index contributed by atoms with van der Waals surface area (Å²) in [5.74, 6) is -3.92. The van der Waals surface area contributed by atoms with Gasteiger partial charge in [-0.15, -0.1) is 0 Å². The van der Waals surface area contributed by atoms with Gasteiger partial charge in [-0.3, -0.25) is 0 Å². The van der Waals surface area contributed by atoms with Crippen molar-refractivity contribution in [1.29, 1.82) is 0 Å². The average molecular weight is 317 g/mol. The highest BCUT2D eigenvalue weighted by Crippen LogP contribution is 2.18. The second kappa shape index (κ2) is 5.39. The summed E-state index contributed by atoms with van der Waals surface area (Å²) in [5, 5.41) is 2.77. The molecule has 0 saturated carbocycles. The van der Waals surface area contributed by atoms with Crippen molar-refractivity contribution in [3.05, 3.63) is 58.1 Å². The van der Waals surface area contributed by atoms with Crippen LogP contribution in [0.5, 0.6) is 0 Å². The van der Waals surface area contributed by atoms with Crippen molar-refractivity contribution < 1.29 is 13.2 Å². The minimum absolute atomic E-state index is 0.160. The maximum atomic E-state index is 13.0. The molecule has 1 N–H and O–H groups in total. The van der Waals surface area contributed by atoms with Crippen LogP contribution in [0.15, 0.2) is 34.9 Å². The molecule has 2 nitrogen and oxygen atoms in total. The Balaban J connectivity index is 2.11. The Hall–Kier alpha value is -1.56. The molecule has 0 amide bonds. The minimum atomic E-state index is -1.47. The summed E-state index contributed by atoms with van der Waals surface area (Å²) in [7, 11) is 0. The van der Waals surface area contributed by atoms with E-state index in [1.807, 2.05) is 0 Å². The van der Waals surface area contributed by atoms with Crippen molar-refractivity contribution in [1.82, 2.24) is 4.98 Å². The molecule has 0 unspecified atom stereocenters. The third-order valence-corrected chi connectivity index (χ3v) is 2.67. The highest BCUT2D eigenvalue weighted by atomic mass is 79.9. The van der Waals surface area contributed by atoms with Crippen molar-refractivity contribution in [3.63, 3.8) is 0 Å². The van der Waals surface area contributed by atoms with Crippen LogP contribution in [0, 0.1) is 17.5 Å². The van der Waals surface area contributed by atoms with Gasteiger partial charge in [-0.05, 0) is 28.1 Å². The highest BCUT2D eigenvalue weighted by molar-refractivity contribution is 9.10. The molecule has 1 aromatic heterocycles. The number of nitrogens with one attached hydrogen (secondary N) is 1. The number of pyridine rings is 1. The van der Waals surface area contributed by atoms with Gasteiger partial charge in [-0.2, -0.15) is 0 Å². The van der Waals surface area contributed by atoms with Crippen molar-refractivity contribution >= 4 is 21.6 Å². The fourth-order valence-electron chi connectivity index (χ4n) is 1.40. The van der Waals surface area contributed by atoms with Crippen molar-refractivity contribution in [3.8, 4) is 0 Å². The fraction of sp³-hybridized carbons (Fsp3) is 0.0833. The standard InChI is InChI=1S/C12H8BrF3N2/c13-11-3-1-2-7(18-11)6-17-8-4-9(14)12(16)10(15)5-8/h1-5,17H,6H2. The predicted molar refractivity (Wildman–Crippen MR) is 65.6 cm³/mol. The van der Waals surface area contributed by atoms with Crippen LogP contribution in [0.4, 0.5) is 18.9 Å². The Morgan fingerprint density at radius 2 is 1.78 bits per heavy atom. The molecule has 0 fully saturated rings. The molecule has 1 heterocycles. The first-order valence-corrected chi connectivity index (χ1v) is 5.85. The topological polar surface area (TPSA) is 24.9 Å². The molecule has 2 rings (SSSR count). The summed E-state index contributed by atoms with van der Waals surface area (Å²) in [4.78, 5) is 4.14. The Bertz CT molecular complexity index is 552. The van der Waals surface area contributed by atoms with Crippen LogP contribution in [0.2, 0.25) is 0 Å². The van der Waals surface area contributed by atoms with Gasteiger partial charge in [0, 0.05) is 17.8 Å². The zero-order valence-electron chi connectivity index (χ0n) is 9.05. The SMILES string of the molecule is Fc1cc(NCc2cccc(Br)n2)cc(F)c1F. The molecule has 94 valence electrons. The number of hydrogen-bond acceptors (Lipinski definition) is 2. The lowest BCUT2D eigenvalue weighted by atomic mass is 10.2. The van der Waals surface area contributed by atoms with Crippen LogP contribution in [0.1, 0.15) is 5.69 Å². The van der Waals surface area contributed by atoms with Gasteiger partial charge in [-0.1, -0.05) is 6.07 Å². The van der Waals surface area contributed by atoms with Crippen LogP contribution >= 0.6 is 15.9 Å². The molecular weight excluding hydrogens is 309 g/mol. The molecule has 0 radical (unpaired) electrons. The van der Waals surface area contributed by atoms with Gasteiger partial charge in [-0.25, -0.2) is 18.2 Å². The highest BCUT2D eigenvalue weighted by Gasteiger charge is 2.10.